The zero-order valence-electron chi connectivity index (χ0n) is 10.5. The van der Waals surface area contributed by atoms with Crippen molar-refractivity contribution in [1.82, 2.24) is 0 Å². The molecule has 0 bridgehead atoms. The smallest absolute Gasteiger partial charge is 0.317 e. The van der Waals surface area contributed by atoms with Gasteiger partial charge in [-0.15, -0.1) is 23.5 Å². The van der Waals surface area contributed by atoms with Crippen molar-refractivity contribution in [1.29, 1.82) is 5.26 Å². The summed E-state index contributed by atoms with van der Waals surface area (Å²) in [5.41, 5.74) is 0.571. The van der Waals surface area contributed by atoms with Crippen LogP contribution >= 0.6 is 23.5 Å². The van der Waals surface area contributed by atoms with Crippen LogP contribution in [0.15, 0.2) is 28.0 Å². The Kier molecular flexibility index (Phi) is 5.57. The molecule has 0 saturated heterocycles. The molecule has 3 nitrogen and oxygen atoms in total. The van der Waals surface area contributed by atoms with Crippen LogP contribution in [-0.2, 0) is 4.79 Å². The predicted octanol–water partition coefficient (Wildman–Crippen LogP) is 3.48. The normalized spacial score (nSPS) is 12.2. The number of benzene rings is 1. The first-order valence-corrected chi connectivity index (χ1v) is 7.58. The minimum Gasteiger partial charge on any atom is -0.480 e. The monoisotopic (exact) mass is 281 g/mol. The molecule has 1 unspecified atom stereocenters. The van der Waals surface area contributed by atoms with E-state index in [0.29, 0.717) is 5.56 Å². The fourth-order valence-corrected chi connectivity index (χ4v) is 3.21. The van der Waals surface area contributed by atoms with E-state index in [1.807, 2.05) is 32.2 Å². The average molecular weight is 281 g/mol. The Labute approximate surface area is 116 Å². The van der Waals surface area contributed by atoms with Crippen molar-refractivity contribution in [3.63, 3.8) is 0 Å². The van der Waals surface area contributed by atoms with Crippen molar-refractivity contribution in [2.75, 3.05) is 6.26 Å². The van der Waals surface area contributed by atoms with Crippen LogP contribution in [0.2, 0.25) is 0 Å². The molecule has 1 atom stereocenters. The van der Waals surface area contributed by atoms with Gasteiger partial charge in [0.05, 0.1) is 5.56 Å². The van der Waals surface area contributed by atoms with Crippen molar-refractivity contribution in [3.05, 3.63) is 23.8 Å². The second-order valence-corrected chi connectivity index (χ2v) is 6.10. The molecule has 0 amide bonds. The van der Waals surface area contributed by atoms with Gasteiger partial charge >= 0.3 is 5.97 Å². The Hall–Kier alpha value is -1.12. The highest BCUT2D eigenvalue weighted by atomic mass is 32.2. The van der Waals surface area contributed by atoms with Gasteiger partial charge in [-0.05, 0) is 24.3 Å². The van der Waals surface area contributed by atoms with Crippen LogP contribution in [0, 0.1) is 17.2 Å². The molecule has 0 aliphatic carbocycles. The van der Waals surface area contributed by atoms with Gasteiger partial charge in [-0.25, -0.2) is 0 Å². The van der Waals surface area contributed by atoms with E-state index in [-0.39, 0.29) is 5.92 Å². The van der Waals surface area contributed by atoms with Crippen LogP contribution in [0.4, 0.5) is 0 Å². The molecule has 96 valence electrons. The standard InChI is InChI=1S/C13H15NO2S2/c1-8(2)12(13(15)16)18-11-6-4-5-10(17-3)9(11)7-14/h4-6,8,12H,1-3H3,(H,15,16). The SMILES string of the molecule is CSc1cccc(SC(C(=O)O)C(C)C)c1C#N. The number of carboxylic acid groups (broad SMARTS) is 1. The summed E-state index contributed by atoms with van der Waals surface area (Å²) in [6, 6.07) is 7.70. The van der Waals surface area contributed by atoms with E-state index in [0.717, 1.165) is 9.79 Å². The number of hydrogen-bond acceptors (Lipinski definition) is 4. The van der Waals surface area contributed by atoms with Crippen LogP contribution in [0.1, 0.15) is 19.4 Å². The molecule has 1 N–H and O–H groups in total. The number of carbonyl (C=O) groups is 1. The summed E-state index contributed by atoms with van der Waals surface area (Å²) < 4.78 is 0. The molecular formula is C13H15NO2S2. The summed E-state index contributed by atoms with van der Waals surface area (Å²) in [6.45, 7) is 3.74. The zero-order chi connectivity index (χ0) is 13.7. The molecule has 1 aromatic rings. The molecule has 0 aliphatic heterocycles. The van der Waals surface area contributed by atoms with E-state index in [1.54, 1.807) is 6.07 Å². The van der Waals surface area contributed by atoms with E-state index in [9.17, 15) is 15.2 Å². The van der Waals surface area contributed by atoms with Crippen LogP contribution in [0.3, 0.4) is 0 Å². The highest BCUT2D eigenvalue weighted by Gasteiger charge is 2.24. The molecule has 1 rings (SSSR count). The third kappa shape index (κ3) is 3.44. The molecular weight excluding hydrogens is 266 g/mol. The number of carboxylic acids is 1. The van der Waals surface area contributed by atoms with Gasteiger partial charge in [-0.3, -0.25) is 4.79 Å². The van der Waals surface area contributed by atoms with E-state index >= 15 is 0 Å². The molecule has 0 aromatic heterocycles. The minimum atomic E-state index is -0.839. The molecule has 0 heterocycles. The Morgan fingerprint density at radius 3 is 2.44 bits per heavy atom. The lowest BCUT2D eigenvalue weighted by molar-refractivity contribution is -0.137. The van der Waals surface area contributed by atoms with Crippen LogP contribution in [0.5, 0.6) is 0 Å². The molecule has 0 aliphatic rings. The molecule has 0 radical (unpaired) electrons. The summed E-state index contributed by atoms with van der Waals surface area (Å²) >= 11 is 2.75. The maximum Gasteiger partial charge on any atom is 0.317 e. The van der Waals surface area contributed by atoms with E-state index in [2.05, 4.69) is 6.07 Å². The summed E-state index contributed by atoms with van der Waals surface area (Å²) in [7, 11) is 0. The van der Waals surface area contributed by atoms with Gasteiger partial charge in [0.1, 0.15) is 11.3 Å². The first-order chi connectivity index (χ1) is 8.51. The summed E-state index contributed by atoms with van der Waals surface area (Å²) in [6.07, 6.45) is 1.90. The van der Waals surface area contributed by atoms with E-state index in [1.165, 1.54) is 23.5 Å². The lowest BCUT2D eigenvalue weighted by Gasteiger charge is -2.16. The molecule has 0 saturated carbocycles. The van der Waals surface area contributed by atoms with Gasteiger partial charge in [0.25, 0.3) is 0 Å². The maximum absolute atomic E-state index is 11.2. The van der Waals surface area contributed by atoms with Crippen molar-refractivity contribution >= 4 is 29.5 Å². The number of rotatable bonds is 5. The highest BCUT2D eigenvalue weighted by Crippen LogP contribution is 2.34. The number of nitriles is 1. The second-order valence-electron chi connectivity index (χ2n) is 4.07. The van der Waals surface area contributed by atoms with Gasteiger partial charge < -0.3 is 5.11 Å². The Morgan fingerprint density at radius 1 is 1.39 bits per heavy atom. The van der Waals surface area contributed by atoms with Crippen LogP contribution < -0.4 is 0 Å². The quantitative estimate of drug-likeness (QED) is 0.837. The van der Waals surface area contributed by atoms with Gasteiger partial charge in [0.2, 0.25) is 0 Å². The number of nitrogens with zero attached hydrogens (tertiary/aromatic N) is 1. The summed E-state index contributed by atoms with van der Waals surface area (Å²) in [5.74, 6) is -0.828. The Balaban J connectivity index is 3.11. The zero-order valence-corrected chi connectivity index (χ0v) is 12.1. The molecule has 0 fully saturated rings. The third-order valence-corrected chi connectivity index (χ3v) is 4.80. The van der Waals surface area contributed by atoms with Gasteiger partial charge in [-0.2, -0.15) is 5.26 Å². The van der Waals surface area contributed by atoms with Gasteiger partial charge in [0, 0.05) is 9.79 Å². The molecule has 0 spiro atoms. The van der Waals surface area contributed by atoms with Crippen LogP contribution in [0.25, 0.3) is 0 Å². The van der Waals surface area contributed by atoms with E-state index < -0.39 is 11.2 Å². The lowest BCUT2D eigenvalue weighted by Crippen LogP contribution is -2.22. The lowest BCUT2D eigenvalue weighted by atomic mass is 10.1. The summed E-state index contributed by atoms with van der Waals surface area (Å²) in [5, 5.41) is 17.8. The number of thioether (sulfide) groups is 2. The third-order valence-electron chi connectivity index (χ3n) is 2.42. The van der Waals surface area contributed by atoms with Crippen LogP contribution in [-0.4, -0.2) is 22.6 Å². The highest BCUT2D eigenvalue weighted by molar-refractivity contribution is 8.01. The average Bonchev–Trinajstić information content (AvgIpc) is 2.34. The topological polar surface area (TPSA) is 61.1 Å². The number of hydrogen-bond donors (Lipinski definition) is 1. The fraction of sp³-hybridized carbons (Fsp3) is 0.385. The maximum atomic E-state index is 11.2. The first kappa shape index (κ1) is 14.9. The van der Waals surface area contributed by atoms with E-state index in [4.69, 9.17) is 0 Å². The Morgan fingerprint density at radius 2 is 2.00 bits per heavy atom. The molecule has 5 heteroatoms. The molecule has 18 heavy (non-hydrogen) atoms. The van der Waals surface area contributed by atoms with Crippen molar-refractivity contribution < 1.29 is 9.90 Å². The first-order valence-electron chi connectivity index (χ1n) is 5.47. The van der Waals surface area contributed by atoms with Crippen molar-refractivity contribution in [2.24, 2.45) is 5.92 Å². The summed E-state index contributed by atoms with van der Waals surface area (Å²) in [4.78, 5) is 12.8. The minimum absolute atomic E-state index is 0.0111. The molecule has 1 aromatic carbocycles. The Bertz CT molecular complexity index is 480. The van der Waals surface area contributed by atoms with Gasteiger partial charge in [-0.1, -0.05) is 19.9 Å². The fourth-order valence-electron chi connectivity index (χ4n) is 1.50. The van der Waals surface area contributed by atoms with Gasteiger partial charge in [0.15, 0.2) is 0 Å². The number of aliphatic carboxylic acids is 1. The predicted molar refractivity (Wildman–Crippen MR) is 75.1 cm³/mol. The van der Waals surface area contributed by atoms with Crippen molar-refractivity contribution in [3.8, 4) is 6.07 Å². The second kappa shape index (κ2) is 6.72. The van der Waals surface area contributed by atoms with Crippen molar-refractivity contribution in [2.45, 2.75) is 28.9 Å². The largest absolute Gasteiger partial charge is 0.480 e.